The summed E-state index contributed by atoms with van der Waals surface area (Å²) in [7, 11) is 0. The minimum Gasteiger partial charge on any atom is -0.325 e. The smallest absolute Gasteiger partial charge is 0.262 e. The number of nitrogens with zero attached hydrogens (tertiary/aromatic N) is 2. The van der Waals surface area contributed by atoms with Crippen LogP contribution in [-0.2, 0) is 4.79 Å². The van der Waals surface area contributed by atoms with Crippen molar-refractivity contribution in [3.8, 4) is 0 Å². The van der Waals surface area contributed by atoms with E-state index >= 15 is 0 Å². The lowest BCUT2D eigenvalue weighted by Crippen LogP contribution is -2.14. The highest BCUT2D eigenvalue weighted by atomic mass is 35.5. The predicted octanol–water partition coefficient (Wildman–Crippen LogP) is 2.09. The third-order valence-electron chi connectivity index (χ3n) is 2.33. The maximum absolute atomic E-state index is 11.5. The van der Waals surface area contributed by atoms with Gasteiger partial charge in [0, 0.05) is 11.1 Å². The van der Waals surface area contributed by atoms with Crippen LogP contribution in [0.5, 0.6) is 0 Å². The molecule has 0 aliphatic carbocycles. The first kappa shape index (κ1) is 12.9. The number of aromatic nitrogens is 2. The molecule has 0 bridgehead atoms. The summed E-state index contributed by atoms with van der Waals surface area (Å²) in [4.78, 5) is 22.7. The standard InChI is InChI=1S/C11H9Cl2N3O2/c12-4-10(17)15-8-2-1-7-6-14-16(9(7)3-8)11(18)5-13/h1-3,6H,4-5H2,(H,15,17). The molecule has 2 rings (SSSR count). The molecule has 94 valence electrons. The number of alkyl halides is 2. The van der Waals surface area contributed by atoms with Gasteiger partial charge in [-0.1, -0.05) is 0 Å². The van der Waals surface area contributed by atoms with Crippen molar-refractivity contribution in [2.24, 2.45) is 0 Å². The van der Waals surface area contributed by atoms with Crippen LogP contribution in [0.2, 0.25) is 0 Å². The van der Waals surface area contributed by atoms with Gasteiger partial charge in [0.2, 0.25) is 5.91 Å². The molecule has 1 heterocycles. The molecule has 0 radical (unpaired) electrons. The number of amides is 1. The summed E-state index contributed by atoms with van der Waals surface area (Å²) in [6, 6.07) is 5.12. The second kappa shape index (κ2) is 5.37. The number of hydrogen-bond acceptors (Lipinski definition) is 3. The number of anilines is 1. The maximum Gasteiger partial charge on any atom is 0.262 e. The SMILES string of the molecule is O=C(CCl)Nc1ccc2cnn(C(=O)CCl)c2c1. The number of halogens is 2. The van der Waals surface area contributed by atoms with Crippen molar-refractivity contribution in [2.45, 2.75) is 0 Å². The van der Waals surface area contributed by atoms with E-state index in [4.69, 9.17) is 23.2 Å². The van der Waals surface area contributed by atoms with Gasteiger partial charge in [0.25, 0.3) is 5.91 Å². The van der Waals surface area contributed by atoms with Crippen LogP contribution in [-0.4, -0.2) is 33.4 Å². The summed E-state index contributed by atoms with van der Waals surface area (Å²) in [5, 5.41) is 7.34. The van der Waals surface area contributed by atoms with Crippen LogP contribution in [0.15, 0.2) is 24.4 Å². The van der Waals surface area contributed by atoms with Gasteiger partial charge >= 0.3 is 0 Å². The van der Waals surface area contributed by atoms with Crippen molar-refractivity contribution in [3.05, 3.63) is 24.4 Å². The molecule has 1 aromatic heterocycles. The van der Waals surface area contributed by atoms with Gasteiger partial charge < -0.3 is 5.32 Å². The predicted molar refractivity (Wildman–Crippen MR) is 70.4 cm³/mol. The first-order chi connectivity index (χ1) is 8.65. The topological polar surface area (TPSA) is 64.0 Å². The highest BCUT2D eigenvalue weighted by Gasteiger charge is 2.10. The van der Waals surface area contributed by atoms with Gasteiger partial charge in [0.1, 0.15) is 11.8 Å². The van der Waals surface area contributed by atoms with E-state index in [1.807, 2.05) is 0 Å². The van der Waals surface area contributed by atoms with Crippen LogP contribution >= 0.6 is 23.2 Å². The lowest BCUT2D eigenvalue weighted by molar-refractivity contribution is -0.113. The molecule has 0 saturated heterocycles. The Hall–Kier alpha value is -1.59. The van der Waals surface area contributed by atoms with Crippen molar-refractivity contribution in [3.63, 3.8) is 0 Å². The van der Waals surface area contributed by atoms with Crippen LogP contribution in [0.4, 0.5) is 5.69 Å². The summed E-state index contributed by atoms with van der Waals surface area (Å²) < 4.78 is 1.21. The molecular weight excluding hydrogens is 277 g/mol. The number of carbonyl (C=O) groups excluding carboxylic acids is 2. The van der Waals surface area contributed by atoms with E-state index < -0.39 is 0 Å². The normalized spacial score (nSPS) is 10.6. The number of benzene rings is 1. The average Bonchev–Trinajstić information content (AvgIpc) is 2.80. The Bertz CT molecular complexity index is 609. The lowest BCUT2D eigenvalue weighted by atomic mass is 10.2. The first-order valence-corrected chi connectivity index (χ1v) is 6.15. The Morgan fingerprint density at radius 3 is 2.72 bits per heavy atom. The van der Waals surface area contributed by atoms with Gasteiger partial charge in [0.15, 0.2) is 0 Å². The Kier molecular flexibility index (Phi) is 3.84. The van der Waals surface area contributed by atoms with Crippen LogP contribution in [0, 0.1) is 0 Å². The van der Waals surface area contributed by atoms with E-state index in [9.17, 15) is 9.59 Å². The molecule has 1 N–H and O–H groups in total. The van der Waals surface area contributed by atoms with E-state index in [2.05, 4.69) is 10.4 Å². The van der Waals surface area contributed by atoms with E-state index in [-0.39, 0.29) is 23.6 Å². The second-order valence-electron chi connectivity index (χ2n) is 3.54. The van der Waals surface area contributed by atoms with E-state index in [1.54, 1.807) is 24.4 Å². The van der Waals surface area contributed by atoms with Crippen molar-refractivity contribution >= 4 is 51.6 Å². The zero-order valence-corrected chi connectivity index (χ0v) is 10.7. The molecule has 1 aromatic carbocycles. The Morgan fingerprint density at radius 2 is 2.06 bits per heavy atom. The van der Waals surface area contributed by atoms with Crippen molar-refractivity contribution < 1.29 is 9.59 Å². The number of hydrogen-bond donors (Lipinski definition) is 1. The molecule has 2 aromatic rings. The number of nitrogens with one attached hydrogen (secondary N) is 1. The minimum absolute atomic E-state index is 0.127. The largest absolute Gasteiger partial charge is 0.325 e. The third kappa shape index (κ3) is 2.47. The molecule has 0 atom stereocenters. The van der Waals surface area contributed by atoms with Gasteiger partial charge in [-0.3, -0.25) is 9.59 Å². The van der Waals surface area contributed by atoms with Crippen LogP contribution in [0.25, 0.3) is 10.9 Å². The van der Waals surface area contributed by atoms with Crippen molar-refractivity contribution in [1.82, 2.24) is 9.78 Å². The Labute approximate surface area is 113 Å². The monoisotopic (exact) mass is 285 g/mol. The molecule has 0 aliphatic rings. The quantitative estimate of drug-likeness (QED) is 0.879. The average molecular weight is 286 g/mol. The summed E-state index contributed by atoms with van der Waals surface area (Å²) in [5.74, 6) is -0.925. The van der Waals surface area contributed by atoms with Gasteiger partial charge in [0.05, 0.1) is 11.7 Å². The van der Waals surface area contributed by atoms with Gasteiger partial charge in [-0.15, -0.1) is 23.2 Å². The van der Waals surface area contributed by atoms with E-state index in [0.29, 0.717) is 11.2 Å². The highest BCUT2D eigenvalue weighted by molar-refractivity contribution is 6.29. The van der Waals surface area contributed by atoms with Gasteiger partial charge in [-0.2, -0.15) is 9.78 Å². The molecule has 0 fully saturated rings. The third-order valence-corrected chi connectivity index (χ3v) is 2.80. The molecule has 0 spiro atoms. The molecule has 7 heteroatoms. The molecule has 0 aliphatic heterocycles. The molecule has 1 amide bonds. The Balaban J connectivity index is 2.42. The van der Waals surface area contributed by atoms with E-state index in [0.717, 1.165) is 5.39 Å². The molecule has 5 nitrogen and oxygen atoms in total. The molecule has 18 heavy (non-hydrogen) atoms. The molecule has 0 unspecified atom stereocenters. The summed E-state index contributed by atoms with van der Waals surface area (Å²) in [5.41, 5.74) is 1.14. The lowest BCUT2D eigenvalue weighted by Gasteiger charge is -2.04. The number of fused-ring (bicyclic) bond motifs is 1. The fraction of sp³-hybridized carbons (Fsp3) is 0.182. The highest BCUT2D eigenvalue weighted by Crippen LogP contribution is 2.19. The Morgan fingerprint density at radius 1 is 1.28 bits per heavy atom. The fourth-order valence-electron chi connectivity index (χ4n) is 1.55. The summed E-state index contributed by atoms with van der Waals surface area (Å²) >= 11 is 10.9. The van der Waals surface area contributed by atoms with Crippen LogP contribution in [0.3, 0.4) is 0 Å². The minimum atomic E-state index is -0.326. The summed E-state index contributed by atoms with van der Waals surface area (Å²) in [6.45, 7) is 0. The number of carbonyl (C=O) groups is 2. The zero-order chi connectivity index (χ0) is 13.1. The van der Waals surface area contributed by atoms with Crippen molar-refractivity contribution in [1.29, 1.82) is 0 Å². The van der Waals surface area contributed by atoms with Gasteiger partial charge in [-0.25, -0.2) is 0 Å². The maximum atomic E-state index is 11.5. The fourth-order valence-corrected chi connectivity index (χ4v) is 1.73. The number of rotatable bonds is 3. The zero-order valence-electron chi connectivity index (χ0n) is 9.19. The van der Waals surface area contributed by atoms with Gasteiger partial charge in [-0.05, 0) is 18.2 Å². The van der Waals surface area contributed by atoms with Crippen LogP contribution in [0.1, 0.15) is 4.79 Å². The summed E-state index contributed by atoms with van der Waals surface area (Å²) in [6.07, 6.45) is 1.56. The van der Waals surface area contributed by atoms with Crippen LogP contribution < -0.4 is 5.32 Å². The molecular formula is C11H9Cl2N3O2. The second-order valence-corrected chi connectivity index (χ2v) is 4.07. The van der Waals surface area contributed by atoms with Crippen molar-refractivity contribution in [2.75, 3.05) is 17.1 Å². The van der Waals surface area contributed by atoms with E-state index in [1.165, 1.54) is 4.68 Å². The molecule has 0 saturated carbocycles. The first-order valence-electron chi connectivity index (χ1n) is 5.08.